The van der Waals surface area contributed by atoms with E-state index in [1.165, 1.54) is 96.8 Å². The van der Waals surface area contributed by atoms with Crippen LogP contribution in [-0.2, 0) is 33.0 Å². The Morgan fingerprint density at radius 1 is 0.500 bits per heavy atom. The zero-order valence-electron chi connectivity index (χ0n) is 51.3. The standard InChI is InChI=1S/C36H31N3O2.C36H30N3O2.4ClH.2K.2Pt/c2*1-21(2)25-12-8-13-26(22(3)4)35(25)39-29-15-6-5-14-28(29)38-36(39)24-11-7-10-23(20-24)27-18-19-32-34(37-27)33-30(40)16-9-17-31(33)41-32;;;;;;;;/h5-22,37H,1-4H3;5-19,21-22,40H,1-4H3;4*1H;;;;/q;-1;;;;;;;;+4/p-4. The first-order chi connectivity index (χ1) is 42.8. The molecule has 0 radical (unpaired) electrons. The van der Waals surface area contributed by atoms with Gasteiger partial charge in [0, 0.05) is 43.7 Å². The molecule has 0 saturated carbocycles. The molecule has 6 heterocycles. The fourth-order valence-electron chi connectivity index (χ4n) is 11.7. The Bertz CT molecular complexity index is 4930. The zero-order valence-corrected chi connectivity index (χ0v) is 65.1. The number of phenols is 1. The molecule has 0 atom stereocenters. The van der Waals surface area contributed by atoms with E-state index in [9.17, 15) is 9.90 Å². The molecule has 0 fully saturated rings. The third kappa shape index (κ3) is 14.5. The SMILES string of the molecule is CC(C)c1cccc(C(C)C)c1-n1c(-c2[c-]c(-c3ccc4oc5cccc(O)c5c4n3)ccc2)nc2ccccc21.CC(C)c1cccc(C(C)C)c1-n1c(-c2cccc(-c3ccc4oc5cccc(=O)c5c4[nH]3)c2)nc2ccccc21.[Cl][Pt]([Cl])([Cl])[Cl].[K][K].[Pt]. The summed E-state index contributed by atoms with van der Waals surface area (Å²) in [6.07, 6.45) is 0. The monoisotopic (exact) mass is 1680 g/mol. The summed E-state index contributed by atoms with van der Waals surface area (Å²) in [6.45, 7) is 18.0. The number of hydrogen-bond donors (Lipinski definition) is 2. The molecule has 14 aromatic rings. The summed E-state index contributed by atoms with van der Waals surface area (Å²) in [4.78, 5) is 31.4. The number of imidazole rings is 2. The molecule has 6 aromatic heterocycles. The Kier molecular flexibility index (Phi) is 22.8. The number of benzene rings is 8. The predicted molar refractivity (Wildman–Crippen MR) is 369 cm³/mol. The molecule has 10 nitrogen and oxygen atoms in total. The number of furan rings is 2. The van der Waals surface area contributed by atoms with Crippen LogP contribution in [0.2, 0.25) is 0 Å². The predicted octanol–water partition coefficient (Wildman–Crippen LogP) is 20.6. The maximum absolute atomic E-state index is 12.7. The first kappa shape index (κ1) is 68.9. The minimum absolute atomic E-state index is 0. The van der Waals surface area contributed by atoms with Gasteiger partial charge in [-0.2, -0.15) is 0 Å². The Labute approximate surface area is 601 Å². The van der Waals surface area contributed by atoms with Gasteiger partial charge in [-0.15, -0.1) is 24.3 Å². The van der Waals surface area contributed by atoms with Crippen molar-refractivity contribution >= 4 is 167 Å². The maximum atomic E-state index is 12.7. The third-order valence-electron chi connectivity index (χ3n) is 15.7. The zero-order chi connectivity index (χ0) is 63.0. The molecule has 0 aliphatic carbocycles. The van der Waals surface area contributed by atoms with Gasteiger partial charge in [-0.25, -0.2) is 4.98 Å². The Morgan fingerprint density at radius 3 is 1.56 bits per heavy atom. The van der Waals surface area contributed by atoms with E-state index in [2.05, 4.69) is 179 Å². The fourth-order valence-corrected chi connectivity index (χ4v) is 11.7. The van der Waals surface area contributed by atoms with Gasteiger partial charge in [-0.3, -0.25) is 19.3 Å². The topological polar surface area (TPSA) is 128 Å². The molecule has 0 aliphatic heterocycles. The van der Waals surface area contributed by atoms with Gasteiger partial charge in [0.05, 0.1) is 49.9 Å². The Morgan fingerprint density at radius 2 is 0.967 bits per heavy atom. The van der Waals surface area contributed by atoms with Crippen molar-refractivity contribution in [3.63, 3.8) is 0 Å². The molecule has 0 aliphatic rings. The summed E-state index contributed by atoms with van der Waals surface area (Å²) in [5, 5.41) is 11.7. The van der Waals surface area contributed by atoms with Crippen molar-refractivity contribution in [3.8, 4) is 62.4 Å². The quantitative estimate of drug-likeness (QED) is 0.103. The summed E-state index contributed by atoms with van der Waals surface area (Å²) in [5.41, 5.74) is 20.8. The molecular weight excluding hydrogens is 1620 g/mol. The van der Waals surface area contributed by atoms with Crippen LogP contribution in [0.5, 0.6) is 5.75 Å². The maximum Gasteiger partial charge on any atom is 0 e. The van der Waals surface area contributed by atoms with Crippen LogP contribution in [0.15, 0.2) is 202 Å². The van der Waals surface area contributed by atoms with Crippen molar-refractivity contribution in [3.05, 3.63) is 227 Å². The average Bonchev–Trinajstić information content (AvgIpc) is 1.70. The molecule has 14 rings (SSSR count). The van der Waals surface area contributed by atoms with Crippen LogP contribution < -0.4 is 5.43 Å². The minimum Gasteiger partial charge on any atom is 0 e. The van der Waals surface area contributed by atoms with E-state index in [4.69, 9.17) is 61.5 Å². The molecule has 0 amide bonds. The van der Waals surface area contributed by atoms with Crippen LogP contribution in [0.3, 0.4) is 0 Å². The second-order valence-electron chi connectivity index (χ2n) is 22.7. The fraction of sp³-hybridized carbons (Fsp3) is 0.167. The minimum atomic E-state index is -3.06. The van der Waals surface area contributed by atoms with Gasteiger partial charge in [0.25, 0.3) is 0 Å². The first-order valence-corrected chi connectivity index (χ1v) is 57.0. The number of nitrogens with zero attached hydrogens (tertiary/aromatic N) is 5. The van der Waals surface area contributed by atoms with Crippen molar-refractivity contribution in [2.75, 3.05) is 0 Å². The molecule has 0 spiro atoms. The number of hydrogen-bond acceptors (Lipinski definition) is 7. The van der Waals surface area contributed by atoms with Crippen molar-refractivity contribution in [2.45, 2.75) is 79.1 Å². The largest absolute Gasteiger partial charge is 0 e. The van der Waals surface area contributed by atoms with Gasteiger partial charge in [0.2, 0.25) is 0 Å². The number of aromatic nitrogens is 6. The number of pyridine rings is 2. The average molecular weight is 1680 g/mol. The smallest absolute Gasteiger partial charge is 0 e. The van der Waals surface area contributed by atoms with Crippen LogP contribution in [0.4, 0.5) is 0 Å². The number of H-pyrrole nitrogens is 1. The van der Waals surface area contributed by atoms with Gasteiger partial charge in [0.1, 0.15) is 28.3 Å². The summed E-state index contributed by atoms with van der Waals surface area (Å²) < 4.78 is 16.5. The number of fused-ring (bicyclic) bond motifs is 8. The van der Waals surface area contributed by atoms with Gasteiger partial charge >= 0.3 is 113 Å². The molecular formula is C72H61Cl4K2N6O4Pt2-. The second kappa shape index (κ2) is 29.8. The van der Waals surface area contributed by atoms with E-state index >= 15 is 0 Å². The van der Waals surface area contributed by atoms with Gasteiger partial charge in [-0.05, 0) is 124 Å². The number of aromatic amines is 1. The molecule has 2 N–H and O–H groups in total. The number of para-hydroxylation sites is 6. The van der Waals surface area contributed by atoms with Crippen molar-refractivity contribution < 1.29 is 46.9 Å². The molecule has 454 valence electrons. The van der Waals surface area contributed by atoms with E-state index in [1.54, 1.807) is 24.3 Å². The van der Waals surface area contributed by atoms with E-state index in [0.29, 0.717) is 67.8 Å². The summed E-state index contributed by atoms with van der Waals surface area (Å²) >= 11 is -0.556. The van der Waals surface area contributed by atoms with Crippen LogP contribution in [0, 0.1) is 6.07 Å². The summed E-state index contributed by atoms with van der Waals surface area (Å²) in [7, 11) is 20.0. The Hall–Kier alpha value is -3.99. The Balaban J connectivity index is 0.000000178. The van der Waals surface area contributed by atoms with Crippen molar-refractivity contribution in [1.29, 1.82) is 0 Å². The van der Waals surface area contributed by atoms with Crippen molar-refractivity contribution in [1.82, 2.24) is 29.1 Å². The molecule has 0 saturated heterocycles. The van der Waals surface area contributed by atoms with Crippen LogP contribution >= 0.6 is 37.7 Å². The van der Waals surface area contributed by atoms with Crippen LogP contribution in [0.1, 0.15) is 101 Å². The second-order valence-corrected chi connectivity index (χ2v) is 42.4. The number of halogens is 4. The molecule has 18 heteroatoms. The first-order valence-electron chi connectivity index (χ1n) is 29.7. The van der Waals surface area contributed by atoms with Crippen LogP contribution in [0.25, 0.3) is 123 Å². The summed E-state index contributed by atoms with van der Waals surface area (Å²) in [5.74, 6) is 3.27. The van der Waals surface area contributed by atoms with Crippen LogP contribution in [-0.4, -0.2) is 97.3 Å². The van der Waals surface area contributed by atoms with E-state index in [1.807, 2.05) is 60.7 Å². The van der Waals surface area contributed by atoms with Gasteiger partial charge in [-0.1, -0.05) is 164 Å². The summed E-state index contributed by atoms with van der Waals surface area (Å²) in [6, 6.07) is 66.3. The number of phenolic OH excluding ortho intramolecular Hbond substituents is 1. The molecule has 0 unspecified atom stereocenters. The van der Waals surface area contributed by atoms with E-state index in [0.717, 1.165) is 67.4 Å². The van der Waals surface area contributed by atoms with E-state index in [-0.39, 0.29) is 32.2 Å². The number of aromatic hydroxyl groups is 1. The molecule has 0 bridgehead atoms. The number of rotatable bonds is 10. The van der Waals surface area contributed by atoms with Gasteiger partial charge in [0.15, 0.2) is 16.6 Å². The molecule has 8 aromatic carbocycles. The van der Waals surface area contributed by atoms with Crippen molar-refractivity contribution in [2.24, 2.45) is 0 Å². The van der Waals surface area contributed by atoms with Gasteiger partial charge < -0.3 is 23.5 Å². The van der Waals surface area contributed by atoms with E-state index < -0.39 is 11.9 Å². The normalized spacial score (nSPS) is 11.8. The number of nitrogens with one attached hydrogen (secondary N) is 1. The molecule has 90 heavy (non-hydrogen) atoms. The third-order valence-corrected chi connectivity index (χ3v) is 15.7.